The quantitative estimate of drug-likeness (QED) is 0.279. The fraction of sp³-hybridized carbons (Fsp3) is 0.474. The topological polar surface area (TPSA) is 98.2 Å². The Bertz CT molecular complexity index is 1930. The van der Waals surface area contributed by atoms with Gasteiger partial charge in [0.05, 0.1) is 17.0 Å². The summed E-state index contributed by atoms with van der Waals surface area (Å²) in [7, 11) is 3.92. The zero-order valence-corrected chi connectivity index (χ0v) is 29.4. The molecule has 0 aliphatic carbocycles. The Hall–Kier alpha value is -4.08. The summed E-state index contributed by atoms with van der Waals surface area (Å²) < 4.78 is 23.0. The number of aliphatic hydroxyl groups is 1. The molecular formula is C38H43ClFN7O3. The van der Waals surface area contributed by atoms with Crippen molar-refractivity contribution >= 4 is 45.0 Å². The van der Waals surface area contributed by atoms with Crippen molar-refractivity contribution in [1.29, 1.82) is 0 Å². The number of β-amino-alcohol motifs (C(OH)–C–C–N with tert-alkyl or cyclic N) is 1. The summed E-state index contributed by atoms with van der Waals surface area (Å²) >= 11 is 6.59. The van der Waals surface area contributed by atoms with Crippen molar-refractivity contribution in [1.82, 2.24) is 29.7 Å². The van der Waals surface area contributed by atoms with Gasteiger partial charge in [-0.05, 0) is 76.0 Å². The second kappa shape index (κ2) is 14.3. The molecule has 4 aliphatic heterocycles. The van der Waals surface area contributed by atoms with E-state index in [1.54, 1.807) is 17.2 Å². The minimum absolute atomic E-state index is 0.0203. The Kier molecular flexibility index (Phi) is 9.81. The van der Waals surface area contributed by atoms with Crippen LogP contribution in [-0.2, 0) is 4.79 Å². The summed E-state index contributed by atoms with van der Waals surface area (Å²) in [6.07, 6.45) is 13.0. The molecule has 2 unspecified atom stereocenters. The van der Waals surface area contributed by atoms with Gasteiger partial charge < -0.3 is 24.5 Å². The lowest BCUT2D eigenvalue weighted by molar-refractivity contribution is -0.124. The van der Waals surface area contributed by atoms with Crippen LogP contribution >= 0.6 is 11.6 Å². The highest BCUT2D eigenvalue weighted by Gasteiger charge is 2.45. The molecule has 2 atom stereocenters. The summed E-state index contributed by atoms with van der Waals surface area (Å²) in [5.41, 5.74) is 0.854. The van der Waals surface area contributed by atoms with Crippen molar-refractivity contribution in [2.24, 2.45) is 0 Å². The van der Waals surface area contributed by atoms with Gasteiger partial charge in [0, 0.05) is 61.4 Å². The number of terminal acetylenes is 1. The van der Waals surface area contributed by atoms with Gasteiger partial charge in [0.15, 0.2) is 5.82 Å². The fourth-order valence-corrected chi connectivity index (χ4v) is 8.40. The van der Waals surface area contributed by atoms with Crippen LogP contribution in [0.15, 0.2) is 42.6 Å². The second-order valence-corrected chi connectivity index (χ2v) is 14.4. The highest BCUT2D eigenvalue weighted by molar-refractivity contribution is 6.36. The summed E-state index contributed by atoms with van der Waals surface area (Å²) in [6.45, 7) is 5.50. The van der Waals surface area contributed by atoms with Crippen LogP contribution in [0.2, 0.25) is 5.02 Å². The normalized spacial score (nSPS) is 21.6. The average Bonchev–Trinajstić information content (AvgIpc) is 3.92. The number of likely N-dealkylation sites (N-methyl/N-ethyl adjacent to an activating group) is 2. The second-order valence-electron chi connectivity index (χ2n) is 14.0. The monoisotopic (exact) mass is 699 g/mol. The number of carbonyl (C=O) groups excluding carboxylic acids is 1. The first kappa shape index (κ1) is 34.4. The van der Waals surface area contributed by atoms with Gasteiger partial charge in [0.2, 0.25) is 0 Å². The number of ether oxygens (including phenoxy) is 1. The SMILES string of the molecule is C#CC(=O)N1CCC(N(C)c2nc(OCC34CCCN3CCC4)nc3c(F)c(-c4cccc5cccc(Cl)c45)ncc23)C1.CN1CCC(O)C1. The van der Waals surface area contributed by atoms with Crippen LogP contribution in [0.5, 0.6) is 6.01 Å². The number of amides is 1. The number of rotatable bonds is 6. The molecule has 50 heavy (non-hydrogen) atoms. The molecule has 10 nitrogen and oxygen atoms in total. The summed E-state index contributed by atoms with van der Waals surface area (Å²) in [6, 6.07) is 11.3. The Balaban J connectivity index is 0.000000501. The molecule has 2 aromatic carbocycles. The van der Waals surface area contributed by atoms with Crippen molar-refractivity contribution < 1.29 is 19.0 Å². The van der Waals surface area contributed by atoms with Gasteiger partial charge in [0.1, 0.15) is 23.6 Å². The molecule has 1 N–H and O–H groups in total. The molecule has 0 bridgehead atoms. The van der Waals surface area contributed by atoms with Crippen molar-refractivity contribution in [3.63, 3.8) is 0 Å². The molecule has 2 aromatic heterocycles. The molecule has 4 aromatic rings. The number of nitrogens with zero attached hydrogens (tertiary/aromatic N) is 7. The molecular weight excluding hydrogens is 657 g/mol. The minimum Gasteiger partial charge on any atom is -0.461 e. The van der Waals surface area contributed by atoms with Crippen LogP contribution in [0.1, 0.15) is 38.5 Å². The van der Waals surface area contributed by atoms with Gasteiger partial charge in [-0.3, -0.25) is 14.7 Å². The smallest absolute Gasteiger partial charge is 0.319 e. The van der Waals surface area contributed by atoms with Crippen molar-refractivity contribution in [2.45, 2.75) is 56.2 Å². The Morgan fingerprint density at radius 2 is 1.88 bits per heavy atom. The molecule has 4 fully saturated rings. The Labute approximate surface area is 297 Å². The Morgan fingerprint density at radius 3 is 2.56 bits per heavy atom. The first-order valence-corrected chi connectivity index (χ1v) is 17.8. The van der Waals surface area contributed by atoms with E-state index in [0.29, 0.717) is 47.9 Å². The third-order valence-electron chi connectivity index (χ3n) is 10.9. The van der Waals surface area contributed by atoms with Gasteiger partial charge in [-0.1, -0.05) is 41.9 Å². The molecule has 0 saturated carbocycles. The lowest BCUT2D eigenvalue weighted by Crippen LogP contribution is -2.43. The molecule has 0 spiro atoms. The number of carbonyl (C=O) groups is 1. The maximum absolute atomic E-state index is 16.6. The number of halogens is 2. The highest BCUT2D eigenvalue weighted by atomic mass is 35.5. The van der Waals surface area contributed by atoms with E-state index in [-0.39, 0.29) is 40.8 Å². The standard InChI is InChI=1S/C33H32ClFN6O2.C5H11NO/c1-3-26(42)40-17-12-22(19-40)39(2)31-24-18-36-29(23-10-4-8-21-9-5-11-25(34)27(21)23)28(35)30(24)37-32(38-31)43-20-33-13-6-15-41(33)16-7-14-33;1-6-3-2-5(7)4-6/h1,4-5,8-11,18,22H,6-7,12-17,19-20H2,2H3;5,7H,2-4H2,1H3. The molecule has 0 radical (unpaired) electrons. The van der Waals surface area contributed by atoms with E-state index in [1.165, 1.54) is 0 Å². The first-order chi connectivity index (χ1) is 24.2. The van der Waals surface area contributed by atoms with Crippen molar-refractivity contribution in [2.75, 3.05) is 64.9 Å². The first-order valence-electron chi connectivity index (χ1n) is 17.4. The molecule has 8 rings (SSSR count). The third kappa shape index (κ3) is 6.58. The molecule has 4 aliphatic rings. The van der Waals surface area contributed by atoms with E-state index in [0.717, 1.165) is 69.1 Å². The number of aliphatic hydroxyl groups excluding tert-OH is 1. The van der Waals surface area contributed by atoms with E-state index in [4.69, 9.17) is 32.9 Å². The number of benzene rings is 2. The summed E-state index contributed by atoms with van der Waals surface area (Å²) in [4.78, 5) is 34.5. The van der Waals surface area contributed by atoms with Crippen molar-refractivity contribution in [3.05, 3.63) is 53.4 Å². The van der Waals surface area contributed by atoms with Gasteiger partial charge >= 0.3 is 6.01 Å². The molecule has 1 amide bonds. The predicted octanol–water partition coefficient (Wildman–Crippen LogP) is 5.00. The maximum atomic E-state index is 16.6. The summed E-state index contributed by atoms with van der Waals surface area (Å²) in [5, 5.41) is 11.5. The van der Waals surface area contributed by atoms with Crippen LogP contribution in [0.4, 0.5) is 10.2 Å². The highest BCUT2D eigenvalue weighted by Crippen LogP contribution is 2.40. The number of fused-ring (bicyclic) bond motifs is 3. The summed E-state index contributed by atoms with van der Waals surface area (Å²) in [5.74, 6) is 1.80. The number of anilines is 1. The maximum Gasteiger partial charge on any atom is 0.319 e. The van der Waals surface area contributed by atoms with E-state index in [1.807, 2.05) is 49.3 Å². The number of pyridine rings is 1. The number of hydrogen-bond donors (Lipinski definition) is 1. The number of aromatic nitrogens is 3. The zero-order chi connectivity index (χ0) is 35.0. The van der Waals surface area contributed by atoms with Crippen LogP contribution < -0.4 is 9.64 Å². The van der Waals surface area contributed by atoms with E-state index < -0.39 is 5.82 Å². The average molecular weight is 700 g/mol. The molecule has 262 valence electrons. The fourth-order valence-electron chi connectivity index (χ4n) is 8.11. The molecule has 6 heterocycles. The van der Waals surface area contributed by atoms with Gasteiger partial charge in [0.25, 0.3) is 5.91 Å². The lowest BCUT2D eigenvalue weighted by atomic mass is 9.95. The van der Waals surface area contributed by atoms with Crippen LogP contribution in [0, 0.1) is 18.2 Å². The number of likely N-dealkylation sites (tertiary alicyclic amines) is 2. The lowest BCUT2D eigenvalue weighted by Gasteiger charge is -2.31. The van der Waals surface area contributed by atoms with Crippen LogP contribution in [-0.4, -0.2) is 118 Å². The van der Waals surface area contributed by atoms with Gasteiger partial charge in [-0.2, -0.15) is 9.97 Å². The number of hydrogen-bond acceptors (Lipinski definition) is 9. The van der Waals surface area contributed by atoms with Crippen LogP contribution in [0.3, 0.4) is 0 Å². The van der Waals surface area contributed by atoms with E-state index in [9.17, 15) is 4.79 Å². The van der Waals surface area contributed by atoms with E-state index >= 15 is 4.39 Å². The van der Waals surface area contributed by atoms with Crippen LogP contribution in [0.25, 0.3) is 32.9 Å². The zero-order valence-electron chi connectivity index (χ0n) is 28.6. The van der Waals surface area contributed by atoms with E-state index in [2.05, 4.69) is 25.7 Å². The van der Waals surface area contributed by atoms with Gasteiger partial charge in [-0.15, -0.1) is 6.42 Å². The Morgan fingerprint density at radius 1 is 1.12 bits per heavy atom. The molecule has 12 heteroatoms. The third-order valence-corrected chi connectivity index (χ3v) is 11.2. The minimum atomic E-state index is -0.566. The predicted molar refractivity (Wildman–Crippen MR) is 194 cm³/mol. The molecule has 4 saturated heterocycles. The largest absolute Gasteiger partial charge is 0.461 e. The van der Waals surface area contributed by atoms with Crippen molar-refractivity contribution in [3.8, 4) is 29.6 Å². The van der Waals surface area contributed by atoms with Gasteiger partial charge in [-0.25, -0.2) is 4.39 Å².